The minimum absolute atomic E-state index is 0.168. The molecule has 0 aromatic carbocycles. The second kappa shape index (κ2) is 5.25. The molecule has 2 heterocycles. The summed E-state index contributed by atoms with van der Waals surface area (Å²) in [6.07, 6.45) is 5.98. The molecule has 1 saturated carbocycles. The molecule has 1 amide bonds. The van der Waals surface area contributed by atoms with Crippen molar-refractivity contribution in [3.8, 4) is 0 Å². The monoisotopic (exact) mass is 272 g/mol. The van der Waals surface area contributed by atoms with E-state index in [0.717, 1.165) is 36.0 Å². The van der Waals surface area contributed by atoms with Crippen LogP contribution in [-0.4, -0.2) is 32.9 Å². The van der Waals surface area contributed by atoms with Gasteiger partial charge in [-0.15, -0.1) is 0 Å². The summed E-state index contributed by atoms with van der Waals surface area (Å²) in [5, 5.41) is 1.04. The van der Waals surface area contributed by atoms with Crippen LogP contribution in [0, 0.1) is 0 Å². The van der Waals surface area contributed by atoms with Crippen LogP contribution < -0.4 is 5.73 Å². The highest BCUT2D eigenvalue weighted by atomic mass is 16.2. The normalized spacial score (nSPS) is 14.7. The lowest BCUT2D eigenvalue weighted by Gasteiger charge is -2.20. The van der Waals surface area contributed by atoms with Crippen LogP contribution in [-0.2, 0) is 17.9 Å². The third-order valence-electron chi connectivity index (χ3n) is 3.89. The molecule has 5 nitrogen and oxygen atoms in total. The molecule has 2 aromatic rings. The van der Waals surface area contributed by atoms with E-state index in [1.807, 2.05) is 34.7 Å². The molecule has 1 aliphatic carbocycles. The van der Waals surface area contributed by atoms with Gasteiger partial charge in [-0.2, -0.15) is 0 Å². The number of carbonyl (C=O) groups is 1. The minimum Gasteiger partial charge on any atom is -0.338 e. The van der Waals surface area contributed by atoms with E-state index in [9.17, 15) is 4.79 Å². The molecule has 1 aliphatic rings. The van der Waals surface area contributed by atoms with Crippen molar-refractivity contribution in [1.29, 1.82) is 0 Å². The Hall–Kier alpha value is -1.88. The maximum absolute atomic E-state index is 12.4. The van der Waals surface area contributed by atoms with Crippen LogP contribution in [0.25, 0.3) is 11.0 Å². The first-order chi connectivity index (χ1) is 9.74. The quantitative estimate of drug-likeness (QED) is 0.897. The number of aromatic nitrogens is 2. The van der Waals surface area contributed by atoms with Crippen molar-refractivity contribution in [2.45, 2.75) is 38.9 Å². The summed E-state index contributed by atoms with van der Waals surface area (Å²) >= 11 is 0. The molecule has 0 bridgehead atoms. The van der Waals surface area contributed by atoms with Gasteiger partial charge in [-0.05, 0) is 37.5 Å². The first kappa shape index (κ1) is 13.1. The lowest BCUT2D eigenvalue weighted by Crippen LogP contribution is -2.35. The van der Waals surface area contributed by atoms with E-state index >= 15 is 0 Å². The molecule has 1 fully saturated rings. The van der Waals surface area contributed by atoms with E-state index in [1.54, 1.807) is 6.20 Å². The van der Waals surface area contributed by atoms with Crippen molar-refractivity contribution in [3.63, 3.8) is 0 Å². The van der Waals surface area contributed by atoms with Crippen LogP contribution in [0.2, 0.25) is 0 Å². The van der Waals surface area contributed by atoms with Gasteiger partial charge in [0.2, 0.25) is 5.91 Å². The van der Waals surface area contributed by atoms with Crippen LogP contribution in [0.5, 0.6) is 0 Å². The molecule has 20 heavy (non-hydrogen) atoms. The Morgan fingerprint density at radius 1 is 1.55 bits per heavy atom. The van der Waals surface area contributed by atoms with Crippen molar-refractivity contribution in [3.05, 3.63) is 30.1 Å². The van der Waals surface area contributed by atoms with Crippen molar-refractivity contribution in [2.75, 3.05) is 6.54 Å². The Labute approximate surface area is 118 Å². The number of nitrogens with two attached hydrogens (primary N) is 1. The number of amides is 1. The number of likely N-dealkylation sites (N-methyl/N-ethyl adjacent to an activating group) is 1. The fourth-order valence-corrected chi connectivity index (χ4v) is 2.74. The summed E-state index contributed by atoms with van der Waals surface area (Å²) in [4.78, 5) is 18.8. The van der Waals surface area contributed by atoms with Gasteiger partial charge >= 0.3 is 0 Å². The predicted molar refractivity (Wildman–Crippen MR) is 78.0 cm³/mol. The van der Waals surface area contributed by atoms with E-state index in [1.165, 1.54) is 0 Å². The second-order valence-corrected chi connectivity index (χ2v) is 5.27. The van der Waals surface area contributed by atoms with Crippen LogP contribution in [0.1, 0.15) is 25.3 Å². The Kier molecular flexibility index (Phi) is 3.44. The van der Waals surface area contributed by atoms with Crippen LogP contribution in [0.4, 0.5) is 0 Å². The zero-order valence-corrected chi connectivity index (χ0v) is 11.7. The van der Waals surface area contributed by atoms with E-state index in [-0.39, 0.29) is 5.91 Å². The topological polar surface area (TPSA) is 64.2 Å². The van der Waals surface area contributed by atoms with Gasteiger partial charge in [0, 0.05) is 36.9 Å². The summed E-state index contributed by atoms with van der Waals surface area (Å²) in [5.74, 6) is 0.168. The Balaban J connectivity index is 1.88. The molecular formula is C15H20N4O. The summed E-state index contributed by atoms with van der Waals surface area (Å²) < 4.78 is 1.92. The standard InChI is InChI=1S/C15H20N4O/c1-2-19(12-5-6-12)14(20)10-18-9-11(8-16)13-4-3-7-17-15(13)18/h3-4,7,9,12H,2,5-6,8,10,16H2,1H3. The highest BCUT2D eigenvalue weighted by Gasteiger charge is 2.31. The first-order valence-electron chi connectivity index (χ1n) is 7.16. The number of pyridine rings is 1. The van der Waals surface area contributed by atoms with Crippen molar-refractivity contribution < 1.29 is 4.79 Å². The fraction of sp³-hybridized carbons (Fsp3) is 0.467. The van der Waals surface area contributed by atoms with Gasteiger partial charge in [0.15, 0.2) is 0 Å². The fourth-order valence-electron chi connectivity index (χ4n) is 2.74. The van der Waals surface area contributed by atoms with Crippen molar-refractivity contribution in [2.24, 2.45) is 5.73 Å². The summed E-state index contributed by atoms with van der Waals surface area (Å²) in [6.45, 7) is 3.62. The average molecular weight is 272 g/mol. The number of rotatable bonds is 5. The SMILES string of the molecule is CCN(C(=O)Cn1cc(CN)c2cccnc21)C1CC1. The summed E-state index contributed by atoms with van der Waals surface area (Å²) in [6, 6.07) is 4.36. The molecule has 0 saturated heterocycles. The van der Waals surface area contributed by atoms with Crippen molar-refractivity contribution >= 4 is 16.9 Å². The van der Waals surface area contributed by atoms with Gasteiger partial charge in [0.25, 0.3) is 0 Å². The third kappa shape index (κ3) is 2.29. The van der Waals surface area contributed by atoms with Gasteiger partial charge in [-0.25, -0.2) is 4.98 Å². The van der Waals surface area contributed by atoms with Crippen molar-refractivity contribution in [1.82, 2.24) is 14.5 Å². The Morgan fingerprint density at radius 2 is 2.35 bits per heavy atom. The van der Waals surface area contributed by atoms with Gasteiger partial charge in [-0.1, -0.05) is 0 Å². The summed E-state index contributed by atoms with van der Waals surface area (Å²) in [7, 11) is 0. The summed E-state index contributed by atoms with van der Waals surface area (Å²) in [5.41, 5.74) is 7.65. The molecule has 2 N–H and O–H groups in total. The number of fused-ring (bicyclic) bond motifs is 1. The van der Waals surface area contributed by atoms with Gasteiger partial charge < -0.3 is 15.2 Å². The molecule has 0 spiro atoms. The zero-order chi connectivity index (χ0) is 14.1. The first-order valence-corrected chi connectivity index (χ1v) is 7.16. The molecule has 0 radical (unpaired) electrons. The lowest BCUT2D eigenvalue weighted by atomic mass is 10.2. The van der Waals surface area contributed by atoms with Gasteiger partial charge in [0.1, 0.15) is 12.2 Å². The predicted octanol–water partition coefficient (Wildman–Crippen LogP) is 1.51. The van der Waals surface area contributed by atoms with Crippen LogP contribution in [0.15, 0.2) is 24.5 Å². The second-order valence-electron chi connectivity index (χ2n) is 5.27. The number of hydrogen-bond acceptors (Lipinski definition) is 3. The third-order valence-corrected chi connectivity index (χ3v) is 3.89. The number of nitrogens with zero attached hydrogens (tertiary/aromatic N) is 3. The highest BCUT2D eigenvalue weighted by Crippen LogP contribution is 2.27. The molecule has 5 heteroatoms. The molecule has 0 aliphatic heterocycles. The Morgan fingerprint density at radius 3 is 3.00 bits per heavy atom. The van der Waals surface area contributed by atoms with E-state index in [4.69, 9.17) is 5.73 Å². The molecule has 2 aromatic heterocycles. The molecule has 3 rings (SSSR count). The molecule has 0 unspecified atom stereocenters. The smallest absolute Gasteiger partial charge is 0.242 e. The van der Waals surface area contributed by atoms with E-state index in [2.05, 4.69) is 4.98 Å². The number of hydrogen-bond donors (Lipinski definition) is 1. The van der Waals surface area contributed by atoms with Crippen LogP contribution in [0.3, 0.4) is 0 Å². The van der Waals surface area contributed by atoms with Crippen LogP contribution >= 0.6 is 0 Å². The molecule has 0 atom stereocenters. The molecule has 106 valence electrons. The highest BCUT2D eigenvalue weighted by molar-refractivity contribution is 5.83. The average Bonchev–Trinajstić information content (AvgIpc) is 3.23. The maximum atomic E-state index is 12.4. The van der Waals surface area contributed by atoms with E-state index < -0.39 is 0 Å². The minimum atomic E-state index is 0.168. The molecular weight excluding hydrogens is 252 g/mol. The largest absolute Gasteiger partial charge is 0.338 e. The van der Waals surface area contributed by atoms with Gasteiger partial charge in [0.05, 0.1) is 0 Å². The number of carbonyl (C=O) groups excluding carboxylic acids is 1. The lowest BCUT2D eigenvalue weighted by molar-refractivity contribution is -0.132. The maximum Gasteiger partial charge on any atom is 0.242 e. The zero-order valence-electron chi connectivity index (χ0n) is 11.7. The van der Waals surface area contributed by atoms with E-state index in [0.29, 0.717) is 19.1 Å². The Bertz CT molecular complexity index is 630. The van der Waals surface area contributed by atoms with Gasteiger partial charge in [-0.3, -0.25) is 4.79 Å².